The Morgan fingerprint density at radius 1 is 1.00 bits per heavy atom. The number of hydrogen-bond acceptors (Lipinski definition) is 4. The summed E-state index contributed by atoms with van der Waals surface area (Å²) in [6.45, 7) is 0. The standard InChI is InChI=1S/C15H26BrClN4/c1-19(2)13(11-8-7-10(16)9-12(11)17)14(20(3)4)15(18)21(5)6/h7-9,13-15H,18H2,1-6H3/t13-,14-,15-/m0/s1. The van der Waals surface area contributed by atoms with Crippen molar-refractivity contribution in [2.24, 2.45) is 5.73 Å². The molecule has 6 heteroatoms. The van der Waals surface area contributed by atoms with Crippen molar-refractivity contribution in [1.82, 2.24) is 14.7 Å². The molecule has 0 heterocycles. The Kier molecular flexibility index (Phi) is 7.10. The lowest BCUT2D eigenvalue weighted by molar-refractivity contribution is 0.0781. The molecule has 0 saturated carbocycles. The highest BCUT2D eigenvalue weighted by atomic mass is 79.9. The van der Waals surface area contributed by atoms with Gasteiger partial charge in [0, 0.05) is 9.50 Å². The summed E-state index contributed by atoms with van der Waals surface area (Å²) < 4.78 is 0.979. The lowest BCUT2D eigenvalue weighted by Gasteiger charge is -2.42. The van der Waals surface area contributed by atoms with Crippen molar-refractivity contribution in [2.45, 2.75) is 18.2 Å². The van der Waals surface area contributed by atoms with Gasteiger partial charge in [0.2, 0.25) is 0 Å². The normalized spacial score (nSPS) is 16.6. The molecule has 3 atom stereocenters. The number of likely N-dealkylation sites (N-methyl/N-ethyl adjacent to an activating group) is 3. The first kappa shape index (κ1) is 18.9. The van der Waals surface area contributed by atoms with Crippen LogP contribution in [0.1, 0.15) is 11.6 Å². The molecule has 0 radical (unpaired) electrons. The van der Waals surface area contributed by atoms with E-state index in [9.17, 15) is 0 Å². The molecule has 0 unspecified atom stereocenters. The Balaban J connectivity index is 3.31. The van der Waals surface area contributed by atoms with E-state index >= 15 is 0 Å². The fourth-order valence-corrected chi connectivity index (χ4v) is 3.37. The molecule has 4 nitrogen and oxygen atoms in total. The number of hydrogen-bond donors (Lipinski definition) is 1. The van der Waals surface area contributed by atoms with Gasteiger partial charge in [0.25, 0.3) is 0 Å². The molecule has 1 rings (SSSR count). The summed E-state index contributed by atoms with van der Waals surface area (Å²) in [4.78, 5) is 6.37. The second-order valence-corrected chi connectivity index (χ2v) is 7.31. The summed E-state index contributed by atoms with van der Waals surface area (Å²) >= 11 is 9.93. The minimum atomic E-state index is -0.105. The van der Waals surface area contributed by atoms with Gasteiger partial charge in [0.1, 0.15) is 0 Å². The van der Waals surface area contributed by atoms with E-state index in [1.54, 1.807) is 0 Å². The lowest BCUT2D eigenvalue weighted by Crippen LogP contribution is -2.57. The molecule has 1 aromatic rings. The van der Waals surface area contributed by atoms with E-state index in [1.165, 1.54) is 0 Å². The number of nitrogens with two attached hydrogens (primary N) is 1. The molecule has 0 bridgehead atoms. The lowest BCUT2D eigenvalue weighted by atomic mass is 9.94. The summed E-state index contributed by atoms with van der Waals surface area (Å²) in [6, 6.07) is 6.22. The molecule has 0 spiro atoms. The zero-order valence-corrected chi connectivity index (χ0v) is 16.0. The number of nitrogens with zero attached hydrogens (tertiary/aromatic N) is 3. The largest absolute Gasteiger partial charge is 0.314 e. The molecule has 0 aliphatic heterocycles. The summed E-state index contributed by atoms with van der Waals surface area (Å²) in [5.74, 6) is 0. The Hall–Kier alpha value is -0.170. The number of benzene rings is 1. The second-order valence-electron chi connectivity index (χ2n) is 5.98. The summed E-state index contributed by atoms with van der Waals surface area (Å²) in [5, 5.41) is 0.751. The van der Waals surface area contributed by atoms with Crippen molar-refractivity contribution in [3.63, 3.8) is 0 Å². The quantitative estimate of drug-likeness (QED) is 0.773. The maximum absolute atomic E-state index is 6.47. The van der Waals surface area contributed by atoms with Gasteiger partial charge in [-0.1, -0.05) is 33.6 Å². The van der Waals surface area contributed by atoms with E-state index in [2.05, 4.69) is 60.0 Å². The summed E-state index contributed by atoms with van der Waals surface area (Å²) in [7, 11) is 12.2. The SMILES string of the molecule is CN(C)[C@H]([C@@H](N)N(C)C)[C@H](c1ccc(Br)cc1Cl)N(C)C. The highest BCUT2D eigenvalue weighted by molar-refractivity contribution is 9.10. The topological polar surface area (TPSA) is 35.7 Å². The van der Waals surface area contributed by atoms with Crippen LogP contribution in [-0.2, 0) is 0 Å². The monoisotopic (exact) mass is 376 g/mol. The molecule has 0 aliphatic carbocycles. The van der Waals surface area contributed by atoms with Gasteiger partial charge in [-0.15, -0.1) is 0 Å². The average molecular weight is 378 g/mol. The van der Waals surface area contributed by atoms with Crippen molar-refractivity contribution in [3.05, 3.63) is 33.3 Å². The van der Waals surface area contributed by atoms with E-state index in [0.717, 1.165) is 15.1 Å². The first-order chi connectivity index (χ1) is 9.66. The number of halogens is 2. The van der Waals surface area contributed by atoms with Crippen LogP contribution in [0.2, 0.25) is 5.02 Å². The van der Waals surface area contributed by atoms with Gasteiger partial charge >= 0.3 is 0 Å². The van der Waals surface area contributed by atoms with Crippen LogP contribution >= 0.6 is 27.5 Å². The molecule has 0 saturated heterocycles. The Morgan fingerprint density at radius 2 is 1.57 bits per heavy atom. The maximum atomic E-state index is 6.47. The van der Waals surface area contributed by atoms with Crippen LogP contribution in [0, 0.1) is 0 Å². The molecule has 1 aromatic carbocycles. The Labute approximate surface area is 142 Å². The highest BCUT2D eigenvalue weighted by Gasteiger charge is 2.34. The predicted octanol–water partition coefficient (Wildman–Crippen LogP) is 2.48. The molecule has 0 fully saturated rings. The van der Waals surface area contributed by atoms with Gasteiger partial charge < -0.3 is 15.5 Å². The Bertz CT molecular complexity index is 465. The smallest absolute Gasteiger partial charge is 0.0746 e. The van der Waals surface area contributed by atoms with Crippen LogP contribution < -0.4 is 5.73 Å². The van der Waals surface area contributed by atoms with Gasteiger partial charge in [0.15, 0.2) is 0 Å². The van der Waals surface area contributed by atoms with E-state index < -0.39 is 0 Å². The van der Waals surface area contributed by atoms with E-state index in [0.29, 0.717) is 0 Å². The van der Waals surface area contributed by atoms with Crippen LogP contribution in [0.15, 0.2) is 22.7 Å². The molecule has 0 amide bonds. The van der Waals surface area contributed by atoms with Crippen LogP contribution in [0.5, 0.6) is 0 Å². The minimum Gasteiger partial charge on any atom is -0.314 e. The first-order valence-corrected chi connectivity index (χ1v) is 8.03. The van der Waals surface area contributed by atoms with Gasteiger partial charge in [-0.25, -0.2) is 0 Å². The third-order valence-electron chi connectivity index (χ3n) is 3.70. The van der Waals surface area contributed by atoms with E-state index in [4.69, 9.17) is 17.3 Å². The van der Waals surface area contributed by atoms with Crippen molar-refractivity contribution >= 4 is 27.5 Å². The average Bonchev–Trinajstić information content (AvgIpc) is 2.35. The summed E-state index contributed by atoms with van der Waals surface area (Å²) in [6.07, 6.45) is -0.105. The van der Waals surface area contributed by atoms with Crippen LogP contribution in [-0.4, -0.2) is 69.2 Å². The Morgan fingerprint density at radius 3 is 1.95 bits per heavy atom. The fourth-order valence-electron chi connectivity index (χ4n) is 2.59. The van der Waals surface area contributed by atoms with Gasteiger partial charge in [0.05, 0.1) is 18.2 Å². The van der Waals surface area contributed by atoms with Crippen LogP contribution in [0.25, 0.3) is 0 Å². The van der Waals surface area contributed by atoms with Crippen molar-refractivity contribution in [3.8, 4) is 0 Å². The first-order valence-electron chi connectivity index (χ1n) is 6.86. The molecule has 0 aromatic heterocycles. The van der Waals surface area contributed by atoms with E-state index in [-0.39, 0.29) is 18.2 Å². The maximum Gasteiger partial charge on any atom is 0.0746 e. The fraction of sp³-hybridized carbons (Fsp3) is 0.600. The zero-order valence-electron chi connectivity index (χ0n) is 13.6. The highest BCUT2D eigenvalue weighted by Crippen LogP contribution is 2.33. The molecule has 120 valence electrons. The predicted molar refractivity (Wildman–Crippen MR) is 94.7 cm³/mol. The van der Waals surface area contributed by atoms with Crippen molar-refractivity contribution in [1.29, 1.82) is 0 Å². The second kappa shape index (κ2) is 7.90. The molecule has 2 N–H and O–H groups in total. The third-order valence-corrected chi connectivity index (χ3v) is 4.52. The summed E-state index contributed by atoms with van der Waals surface area (Å²) in [5.41, 5.74) is 7.51. The molecule has 0 aliphatic rings. The molecular formula is C15H26BrClN4. The zero-order chi connectivity index (χ0) is 16.3. The molecular weight excluding hydrogens is 352 g/mol. The van der Waals surface area contributed by atoms with Crippen molar-refractivity contribution in [2.75, 3.05) is 42.3 Å². The van der Waals surface area contributed by atoms with Crippen molar-refractivity contribution < 1.29 is 0 Å². The molecule has 21 heavy (non-hydrogen) atoms. The van der Waals surface area contributed by atoms with Crippen LogP contribution in [0.3, 0.4) is 0 Å². The van der Waals surface area contributed by atoms with Gasteiger partial charge in [-0.3, -0.25) is 4.90 Å². The van der Waals surface area contributed by atoms with Gasteiger partial charge in [-0.2, -0.15) is 0 Å². The third kappa shape index (κ3) is 4.65. The minimum absolute atomic E-state index is 0.0954. The van der Waals surface area contributed by atoms with E-state index in [1.807, 2.05) is 31.1 Å². The number of rotatable bonds is 6. The van der Waals surface area contributed by atoms with Crippen LogP contribution in [0.4, 0.5) is 0 Å². The van der Waals surface area contributed by atoms with Gasteiger partial charge in [-0.05, 0) is 60.0 Å².